The lowest BCUT2D eigenvalue weighted by atomic mass is 10.1. The van der Waals surface area contributed by atoms with Crippen molar-refractivity contribution < 1.29 is 24.1 Å². The normalized spacial score (nSPS) is 11.7. The van der Waals surface area contributed by atoms with Crippen molar-refractivity contribution in [3.8, 4) is 22.8 Å². The summed E-state index contributed by atoms with van der Waals surface area (Å²) in [5.74, 6) is 0.124. The first-order valence-corrected chi connectivity index (χ1v) is 10.2. The van der Waals surface area contributed by atoms with Gasteiger partial charge in [-0.15, -0.1) is 0 Å². The molecule has 0 radical (unpaired) electrons. The molecular formula is C25H27NO5. The zero-order valence-corrected chi connectivity index (χ0v) is 18.0. The molecule has 0 aliphatic rings. The molecule has 1 aromatic heterocycles. The Bertz CT molecular complexity index is 1020. The molecule has 0 aliphatic heterocycles. The lowest BCUT2D eigenvalue weighted by Crippen LogP contribution is -2.16. The van der Waals surface area contributed by atoms with Crippen LogP contribution < -0.4 is 9.47 Å². The van der Waals surface area contributed by atoms with Gasteiger partial charge < -0.3 is 19.3 Å². The highest BCUT2D eigenvalue weighted by molar-refractivity contribution is 5.68. The van der Waals surface area contributed by atoms with Gasteiger partial charge in [-0.3, -0.25) is 0 Å². The van der Waals surface area contributed by atoms with E-state index in [9.17, 15) is 4.79 Å². The highest BCUT2D eigenvalue weighted by Gasteiger charge is 2.17. The van der Waals surface area contributed by atoms with Gasteiger partial charge in [-0.05, 0) is 56.7 Å². The third-order valence-corrected chi connectivity index (χ3v) is 4.70. The number of hydrogen-bond acceptors (Lipinski definition) is 5. The van der Waals surface area contributed by atoms with E-state index in [4.69, 9.17) is 24.3 Å². The predicted octanol–water partition coefficient (Wildman–Crippen LogP) is 4.99. The number of carbonyl (C=O) groups is 1. The molecule has 1 atom stereocenters. The zero-order valence-electron chi connectivity index (χ0n) is 18.0. The van der Waals surface area contributed by atoms with Crippen LogP contribution in [0.2, 0.25) is 0 Å². The summed E-state index contributed by atoms with van der Waals surface area (Å²) in [5, 5.41) is 8.80. The van der Waals surface area contributed by atoms with E-state index < -0.39 is 12.1 Å². The van der Waals surface area contributed by atoms with E-state index in [1.54, 1.807) is 12.1 Å². The highest BCUT2D eigenvalue weighted by atomic mass is 16.5. The van der Waals surface area contributed by atoms with Gasteiger partial charge in [0.1, 0.15) is 11.5 Å². The second-order valence-electron chi connectivity index (χ2n) is 7.19. The van der Waals surface area contributed by atoms with Crippen LogP contribution in [0, 0.1) is 13.8 Å². The maximum absolute atomic E-state index is 10.7. The zero-order chi connectivity index (χ0) is 22.2. The molecule has 1 heterocycles. The number of rotatable bonds is 10. The Labute approximate surface area is 182 Å². The number of carboxylic acid groups (broad SMARTS) is 1. The van der Waals surface area contributed by atoms with E-state index in [0.29, 0.717) is 24.7 Å². The van der Waals surface area contributed by atoms with Crippen LogP contribution in [0.1, 0.15) is 29.8 Å². The number of pyridine rings is 1. The molecule has 31 heavy (non-hydrogen) atoms. The summed E-state index contributed by atoms with van der Waals surface area (Å²) in [6.07, 6.45) is -0.393. The molecule has 162 valence electrons. The monoisotopic (exact) mass is 421 g/mol. The number of hydrogen-bond donors (Lipinski definition) is 1. The maximum atomic E-state index is 10.7. The van der Waals surface area contributed by atoms with Crippen molar-refractivity contribution in [1.82, 2.24) is 4.98 Å². The molecule has 3 aromatic rings. The van der Waals surface area contributed by atoms with E-state index in [1.807, 2.05) is 38.1 Å². The summed E-state index contributed by atoms with van der Waals surface area (Å²) in [4.78, 5) is 15.5. The van der Waals surface area contributed by atoms with Crippen LogP contribution in [0.4, 0.5) is 0 Å². The molecule has 6 heteroatoms. The molecular weight excluding hydrogens is 394 g/mol. The lowest BCUT2D eigenvalue weighted by molar-refractivity contribution is -0.139. The molecule has 0 bridgehead atoms. The molecule has 0 saturated heterocycles. The molecule has 0 fully saturated rings. The second-order valence-corrected chi connectivity index (χ2v) is 7.19. The number of carboxylic acids is 1. The Morgan fingerprint density at radius 3 is 2.52 bits per heavy atom. The van der Waals surface area contributed by atoms with Crippen LogP contribution in [-0.2, 0) is 9.53 Å². The van der Waals surface area contributed by atoms with Crippen molar-refractivity contribution in [3.63, 3.8) is 0 Å². The maximum Gasteiger partial charge on any atom is 0.341 e. The van der Waals surface area contributed by atoms with Crippen LogP contribution in [0.25, 0.3) is 11.3 Å². The van der Waals surface area contributed by atoms with Gasteiger partial charge in [0.2, 0.25) is 0 Å². The third kappa shape index (κ3) is 6.30. The summed E-state index contributed by atoms with van der Waals surface area (Å²) in [7, 11) is 0. The summed E-state index contributed by atoms with van der Waals surface area (Å²) in [6, 6.07) is 19.4. The highest BCUT2D eigenvalue weighted by Crippen LogP contribution is 2.28. The minimum atomic E-state index is -1.02. The van der Waals surface area contributed by atoms with Gasteiger partial charge in [-0.1, -0.05) is 35.9 Å². The van der Waals surface area contributed by atoms with Crippen molar-refractivity contribution in [2.24, 2.45) is 0 Å². The average Bonchev–Trinajstić information content (AvgIpc) is 2.76. The quantitative estimate of drug-likeness (QED) is 0.497. The third-order valence-electron chi connectivity index (χ3n) is 4.70. The molecule has 0 unspecified atom stereocenters. The Morgan fingerprint density at radius 1 is 1.06 bits per heavy atom. The van der Waals surface area contributed by atoms with Crippen molar-refractivity contribution in [1.29, 1.82) is 0 Å². The molecule has 0 aliphatic carbocycles. The van der Waals surface area contributed by atoms with Crippen LogP contribution in [0.5, 0.6) is 11.5 Å². The fourth-order valence-corrected chi connectivity index (χ4v) is 3.08. The molecule has 0 spiro atoms. The molecule has 1 N–H and O–H groups in total. The standard InChI is InChI=1S/C25H27NO5/c1-4-29-15-24(31-20-12-13-23(18(3)14-20)30-16-25(27)28)22-7-5-6-21(26-22)19-10-8-17(2)9-11-19/h5-14,24H,4,15-16H2,1-3H3,(H,27,28)/t24-/m1/s1. The van der Waals surface area contributed by atoms with Gasteiger partial charge in [0.05, 0.1) is 18.0 Å². The minimum absolute atomic E-state index is 0.358. The molecule has 2 aromatic carbocycles. The largest absolute Gasteiger partial charge is 0.482 e. The fourth-order valence-electron chi connectivity index (χ4n) is 3.08. The van der Waals surface area contributed by atoms with Crippen LogP contribution in [-0.4, -0.2) is 35.9 Å². The number of aromatic nitrogens is 1. The average molecular weight is 421 g/mol. The molecule has 0 saturated carbocycles. The van der Waals surface area contributed by atoms with Crippen molar-refractivity contribution in [2.45, 2.75) is 26.9 Å². The summed E-state index contributed by atoms with van der Waals surface area (Å²) >= 11 is 0. The van der Waals surface area contributed by atoms with Crippen LogP contribution in [0.3, 0.4) is 0 Å². The Kier molecular flexibility index (Phi) is 7.62. The summed E-state index contributed by atoms with van der Waals surface area (Å²) < 4.78 is 17.2. The molecule has 3 rings (SSSR count). The van der Waals surface area contributed by atoms with Gasteiger partial charge in [-0.2, -0.15) is 0 Å². The number of ether oxygens (including phenoxy) is 3. The molecule has 6 nitrogen and oxygen atoms in total. The van der Waals surface area contributed by atoms with Gasteiger partial charge in [0.25, 0.3) is 0 Å². The fraction of sp³-hybridized carbons (Fsp3) is 0.280. The van der Waals surface area contributed by atoms with Gasteiger partial charge in [-0.25, -0.2) is 9.78 Å². The Balaban J connectivity index is 1.82. The van der Waals surface area contributed by atoms with Crippen molar-refractivity contribution >= 4 is 5.97 Å². The van der Waals surface area contributed by atoms with E-state index in [1.165, 1.54) is 5.56 Å². The van der Waals surface area contributed by atoms with Crippen molar-refractivity contribution in [3.05, 3.63) is 77.5 Å². The first-order valence-electron chi connectivity index (χ1n) is 10.2. The molecule has 0 amide bonds. The smallest absolute Gasteiger partial charge is 0.341 e. The summed E-state index contributed by atoms with van der Waals surface area (Å²) in [5.41, 5.74) is 4.67. The van der Waals surface area contributed by atoms with E-state index >= 15 is 0 Å². The van der Waals surface area contributed by atoms with Crippen LogP contribution in [0.15, 0.2) is 60.7 Å². The van der Waals surface area contributed by atoms with Gasteiger partial charge >= 0.3 is 5.97 Å². The lowest BCUT2D eigenvalue weighted by Gasteiger charge is -2.20. The van der Waals surface area contributed by atoms with E-state index in [-0.39, 0.29) is 6.61 Å². The number of aliphatic carboxylic acids is 1. The number of nitrogens with zero attached hydrogens (tertiary/aromatic N) is 1. The SMILES string of the molecule is CCOC[C@@H](Oc1ccc(OCC(=O)O)c(C)c1)c1cccc(-c2ccc(C)cc2)n1. The second kappa shape index (κ2) is 10.6. The topological polar surface area (TPSA) is 77.9 Å². The van der Waals surface area contributed by atoms with E-state index in [2.05, 4.69) is 31.2 Å². The predicted molar refractivity (Wildman–Crippen MR) is 119 cm³/mol. The first kappa shape index (κ1) is 22.3. The Hall–Kier alpha value is -3.38. The Morgan fingerprint density at radius 2 is 1.84 bits per heavy atom. The van der Waals surface area contributed by atoms with Crippen LogP contribution >= 0.6 is 0 Å². The minimum Gasteiger partial charge on any atom is -0.482 e. The van der Waals surface area contributed by atoms with Gasteiger partial charge in [0.15, 0.2) is 12.7 Å². The van der Waals surface area contributed by atoms with Gasteiger partial charge in [0, 0.05) is 12.2 Å². The number of aryl methyl sites for hydroxylation is 2. The summed E-state index contributed by atoms with van der Waals surface area (Å²) in [6.45, 7) is 6.38. The van der Waals surface area contributed by atoms with E-state index in [0.717, 1.165) is 22.5 Å². The van der Waals surface area contributed by atoms with Crippen molar-refractivity contribution in [2.75, 3.05) is 19.8 Å². The first-order chi connectivity index (χ1) is 15.0. The number of benzene rings is 2.